The summed E-state index contributed by atoms with van der Waals surface area (Å²) in [6.45, 7) is 1.69. The highest BCUT2D eigenvalue weighted by atomic mass is 32.1. The van der Waals surface area contributed by atoms with Crippen LogP contribution in [0.3, 0.4) is 0 Å². The molecule has 0 aliphatic heterocycles. The van der Waals surface area contributed by atoms with Crippen molar-refractivity contribution >= 4 is 44.4 Å². The van der Waals surface area contributed by atoms with E-state index >= 15 is 0 Å². The first-order valence-electron chi connectivity index (χ1n) is 9.12. The first-order valence-corrected chi connectivity index (χ1v) is 10.0. The fraction of sp³-hybridized carbons (Fsp3) is 0.136. The largest absolute Gasteiger partial charge is 0.346 e. The number of benzene rings is 2. The number of rotatable bonds is 7. The third kappa shape index (κ3) is 4.14. The molecule has 2 aromatic heterocycles. The predicted molar refractivity (Wildman–Crippen MR) is 114 cm³/mol. The third-order valence-corrected chi connectivity index (χ3v) is 5.55. The lowest BCUT2D eigenvalue weighted by Gasteiger charge is -2.06. The molecule has 5 nitrogen and oxygen atoms in total. The van der Waals surface area contributed by atoms with Crippen LogP contribution < -0.4 is 10.8 Å². The van der Waals surface area contributed by atoms with Gasteiger partial charge in [-0.25, -0.2) is 5.48 Å². The number of carbonyl (C=O) groups is 1. The minimum absolute atomic E-state index is 0.539. The Hall–Kier alpha value is -2.93. The maximum Gasteiger partial charge on any atom is 0.267 e. The number of hydrogen-bond acceptors (Lipinski definition) is 4. The van der Waals surface area contributed by atoms with Gasteiger partial charge in [0.15, 0.2) is 0 Å². The first kappa shape index (κ1) is 18.4. The van der Waals surface area contributed by atoms with E-state index in [1.165, 1.54) is 38.3 Å². The van der Waals surface area contributed by atoms with Gasteiger partial charge in [-0.3, -0.25) is 10.0 Å². The average molecular weight is 391 g/mol. The lowest BCUT2D eigenvalue weighted by molar-refractivity contribution is -0.124. The van der Waals surface area contributed by atoms with Crippen molar-refractivity contribution in [3.63, 3.8) is 0 Å². The number of H-pyrrole nitrogens is 1. The number of hydrogen-bond donors (Lipinski definition) is 4. The van der Waals surface area contributed by atoms with E-state index in [1.54, 1.807) is 22.9 Å². The molecule has 6 heteroatoms. The maximum atomic E-state index is 11.0. The Kier molecular flexibility index (Phi) is 5.53. The molecule has 0 radical (unpaired) electrons. The zero-order valence-electron chi connectivity index (χ0n) is 15.2. The standard InChI is InChI=1S/C22H21N3O2S/c26-21(25-27)8-6-15-1-3-17(4-2-15)14-23-11-9-16-5-7-18-19-10-12-28-22(19)24-20(18)13-16/h1-8,10,12-13,23-24,27H,9,11,14H2,(H,25,26)/b8-6+. The Bertz CT molecular complexity index is 1130. The van der Waals surface area contributed by atoms with Gasteiger partial charge in [-0.05, 0) is 53.2 Å². The highest BCUT2D eigenvalue weighted by molar-refractivity contribution is 7.17. The molecule has 28 heavy (non-hydrogen) atoms. The van der Waals surface area contributed by atoms with Gasteiger partial charge in [0.05, 0.1) is 0 Å². The van der Waals surface area contributed by atoms with Gasteiger partial charge in [0.25, 0.3) is 5.91 Å². The molecule has 0 saturated carbocycles. The fourth-order valence-corrected chi connectivity index (χ4v) is 4.06. The van der Waals surface area contributed by atoms with Crippen LogP contribution in [0, 0.1) is 0 Å². The van der Waals surface area contributed by atoms with Crippen LogP contribution in [0.25, 0.3) is 27.2 Å². The number of aromatic amines is 1. The topological polar surface area (TPSA) is 77.2 Å². The van der Waals surface area contributed by atoms with Gasteiger partial charge in [0, 0.05) is 28.9 Å². The van der Waals surface area contributed by atoms with Crippen LogP contribution >= 0.6 is 11.3 Å². The van der Waals surface area contributed by atoms with Crippen LogP contribution in [0.15, 0.2) is 60.0 Å². The van der Waals surface area contributed by atoms with Gasteiger partial charge < -0.3 is 10.3 Å². The zero-order chi connectivity index (χ0) is 19.3. The van der Waals surface area contributed by atoms with Crippen LogP contribution in [0.2, 0.25) is 0 Å². The summed E-state index contributed by atoms with van der Waals surface area (Å²) in [5.41, 5.74) is 6.19. The molecular weight excluding hydrogens is 370 g/mol. The fourth-order valence-electron chi connectivity index (χ4n) is 3.25. The number of carbonyl (C=O) groups excluding carboxylic acids is 1. The lowest BCUT2D eigenvalue weighted by Crippen LogP contribution is -2.16. The van der Waals surface area contributed by atoms with Gasteiger partial charge in [0.1, 0.15) is 4.83 Å². The summed E-state index contributed by atoms with van der Waals surface area (Å²) >= 11 is 1.74. The molecule has 0 fully saturated rings. The van der Waals surface area contributed by atoms with E-state index in [2.05, 4.69) is 39.9 Å². The predicted octanol–water partition coefficient (Wildman–Crippen LogP) is 4.23. The molecule has 4 N–H and O–H groups in total. The van der Waals surface area contributed by atoms with Crippen LogP contribution in [-0.4, -0.2) is 22.6 Å². The van der Waals surface area contributed by atoms with E-state index in [0.717, 1.165) is 25.1 Å². The van der Waals surface area contributed by atoms with Gasteiger partial charge in [-0.15, -0.1) is 11.3 Å². The molecule has 142 valence electrons. The van der Waals surface area contributed by atoms with E-state index < -0.39 is 5.91 Å². The van der Waals surface area contributed by atoms with Crippen molar-refractivity contribution in [3.05, 3.63) is 76.7 Å². The van der Waals surface area contributed by atoms with Crippen LogP contribution in [-0.2, 0) is 17.8 Å². The second-order valence-corrected chi connectivity index (χ2v) is 7.56. The third-order valence-electron chi connectivity index (χ3n) is 4.72. The molecule has 4 aromatic rings. The summed E-state index contributed by atoms with van der Waals surface area (Å²) in [7, 11) is 0. The van der Waals surface area contributed by atoms with Crippen LogP contribution in [0.5, 0.6) is 0 Å². The molecule has 0 atom stereocenters. The maximum absolute atomic E-state index is 11.0. The number of hydroxylamine groups is 1. The normalized spacial score (nSPS) is 11.6. The van der Waals surface area contributed by atoms with Crippen molar-refractivity contribution in [2.45, 2.75) is 13.0 Å². The minimum Gasteiger partial charge on any atom is -0.346 e. The summed E-state index contributed by atoms with van der Waals surface area (Å²) in [5, 5.41) is 16.7. The number of aromatic nitrogens is 1. The summed E-state index contributed by atoms with van der Waals surface area (Å²) < 4.78 is 0. The number of thiophene rings is 1. The molecule has 1 amide bonds. The summed E-state index contributed by atoms with van der Waals surface area (Å²) in [5.74, 6) is -0.539. The molecule has 0 aliphatic carbocycles. The minimum atomic E-state index is -0.539. The monoisotopic (exact) mass is 391 g/mol. The molecule has 0 saturated heterocycles. The van der Waals surface area contributed by atoms with Crippen molar-refractivity contribution in [1.29, 1.82) is 0 Å². The van der Waals surface area contributed by atoms with Crippen LogP contribution in [0.4, 0.5) is 0 Å². The van der Waals surface area contributed by atoms with E-state index in [9.17, 15) is 4.79 Å². The molecule has 2 heterocycles. The Morgan fingerprint density at radius 1 is 1.07 bits per heavy atom. The number of amides is 1. The van der Waals surface area contributed by atoms with Crippen molar-refractivity contribution in [2.75, 3.05) is 6.54 Å². The van der Waals surface area contributed by atoms with E-state index in [1.807, 2.05) is 24.3 Å². The number of nitrogens with one attached hydrogen (secondary N) is 3. The van der Waals surface area contributed by atoms with E-state index in [4.69, 9.17) is 5.21 Å². The average Bonchev–Trinajstić information content (AvgIpc) is 3.31. The lowest BCUT2D eigenvalue weighted by atomic mass is 10.1. The first-order chi connectivity index (χ1) is 13.7. The zero-order valence-corrected chi connectivity index (χ0v) is 16.1. The van der Waals surface area contributed by atoms with Crippen LogP contribution in [0.1, 0.15) is 16.7 Å². The molecular formula is C22H21N3O2S. The smallest absolute Gasteiger partial charge is 0.267 e. The summed E-state index contributed by atoms with van der Waals surface area (Å²) in [6, 6.07) is 16.8. The highest BCUT2D eigenvalue weighted by Crippen LogP contribution is 2.29. The van der Waals surface area contributed by atoms with Gasteiger partial charge in [-0.1, -0.05) is 36.4 Å². The summed E-state index contributed by atoms with van der Waals surface area (Å²) in [6.07, 6.45) is 3.92. The Morgan fingerprint density at radius 2 is 1.89 bits per heavy atom. The second kappa shape index (κ2) is 8.39. The van der Waals surface area contributed by atoms with Crippen molar-refractivity contribution in [1.82, 2.24) is 15.8 Å². The Morgan fingerprint density at radius 3 is 2.71 bits per heavy atom. The van der Waals surface area contributed by atoms with Crippen molar-refractivity contribution in [2.24, 2.45) is 0 Å². The van der Waals surface area contributed by atoms with E-state index in [-0.39, 0.29) is 0 Å². The quantitative estimate of drug-likeness (QED) is 0.165. The van der Waals surface area contributed by atoms with Gasteiger partial charge in [0.2, 0.25) is 0 Å². The van der Waals surface area contributed by atoms with Crippen molar-refractivity contribution in [3.8, 4) is 0 Å². The molecule has 4 rings (SSSR count). The van der Waals surface area contributed by atoms with Crippen molar-refractivity contribution < 1.29 is 10.0 Å². The molecule has 0 spiro atoms. The number of fused-ring (bicyclic) bond motifs is 3. The Labute approximate surface area is 166 Å². The van der Waals surface area contributed by atoms with Gasteiger partial charge >= 0.3 is 0 Å². The molecule has 0 aliphatic rings. The van der Waals surface area contributed by atoms with Gasteiger partial charge in [-0.2, -0.15) is 0 Å². The highest BCUT2D eigenvalue weighted by Gasteiger charge is 2.05. The SMILES string of the molecule is O=C(/C=C/c1ccc(CNCCc2ccc3c(c2)[nH]c2sccc23)cc1)NO. The molecule has 2 aromatic carbocycles. The second-order valence-electron chi connectivity index (χ2n) is 6.65. The molecule has 0 unspecified atom stereocenters. The summed E-state index contributed by atoms with van der Waals surface area (Å²) in [4.78, 5) is 15.7. The molecule has 0 bridgehead atoms. The van der Waals surface area contributed by atoms with E-state index in [0.29, 0.717) is 0 Å². The Balaban J connectivity index is 1.29.